The third-order valence-corrected chi connectivity index (χ3v) is 10.7. The summed E-state index contributed by atoms with van der Waals surface area (Å²) in [5.41, 5.74) is 4.42. The maximum Gasteiger partial charge on any atom is 0.264 e. The highest BCUT2D eigenvalue weighted by atomic mass is 32.2. The lowest BCUT2D eigenvalue weighted by Crippen LogP contribution is -2.44. The van der Waals surface area contributed by atoms with Gasteiger partial charge in [-0.05, 0) is 74.4 Å². The van der Waals surface area contributed by atoms with Crippen molar-refractivity contribution in [3.05, 3.63) is 95.1 Å². The van der Waals surface area contributed by atoms with Gasteiger partial charge in [0.15, 0.2) is 0 Å². The van der Waals surface area contributed by atoms with E-state index in [-0.39, 0.29) is 53.3 Å². The Bertz CT molecular complexity index is 1870. The summed E-state index contributed by atoms with van der Waals surface area (Å²) in [4.78, 5) is 24.9. The first-order valence-electron chi connectivity index (χ1n) is 14.9. The van der Waals surface area contributed by atoms with E-state index in [0.29, 0.717) is 12.1 Å². The molecule has 0 aliphatic carbocycles. The molecule has 1 aliphatic rings. The molecule has 0 saturated carbocycles. The molecule has 1 aliphatic heterocycles. The number of nitrogens with one attached hydrogen (secondary N) is 1. The van der Waals surface area contributed by atoms with E-state index in [1.807, 2.05) is 56.3 Å². The molecule has 3 aromatic carbocycles. The molecular weight excluding hydrogens is 607 g/mol. The first-order chi connectivity index (χ1) is 21.2. The molecule has 1 amide bonds. The Labute approximate surface area is 265 Å². The van der Waals surface area contributed by atoms with Crippen LogP contribution >= 0.6 is 7.14 Å². The van der Waals surface area contributed by atoms with Gasteiger partial charge in [-0.2, -0.15) is 4.98 Å². The predicted octanol–water partition coefficient (Wildman–Crippen LogP) is 6.26. The molecule has 1 atom stereocenters. The van der Waals surface area contributed by atoms with Gasteiger partial charge in [-0.25, -0.2) is 18.1 Å². The van der Waals surface area contributed by atoms with E-state index in [4.69, 9.17) is 4.74 Å². The van der Waals surface area contributed by atoms with E-state index in [1.165, 1.54) is 12.1 Å². The van der Waals surface area contributed by atoms with Gasteiger partial charge in [-0.1, -0.05) is 62.4 Å². The Morgan fingerprint density at radius 1 is 0.978 bits per heavy atom. The number of aromatic nitrogens is 2. The standard InChI is InChI=1S/C34H39N4O5PS/c1-22(2)17-27-21-43-31-19-30(32-23(3)9-7-10-24(32)4)35-34(36-31)37-45(41,42)29-12-8-11-26(18-29)33(39)38(27)20-25-13-15-28(16-14-25)44(5,6)40/h7-16,18-19,22,27H,17,20-21H2,1-6H3,(H,35,36,37)/t27-/m1/s1. The molecule has 236 valence electrons. The van der Waals surface area contributed by atoms with Gasteiger partial charge in [0.25, 0.3) is 15.9 Å². The summed E-state index contributed by atoms with van der Waals surface area (Å²) < 4.78 is 48.6. The van der Waals surface area contributed by atoms with Crippen LogP contribution in [0.4, 0.5) is 5.95 Å². The first kappa shape index (κ1) is 32.4. The number of hydrogen-bond acceptors (Lipinski definition) is 7. The Morgan fingerprint density at radius 3 is 2.29 bits per heavy atom. The summed E-state index contributed by atoms with van der Waals surface area (Å²) in [7, 11) is -6.60. The molecule has 1 N–H and O–H groups in total. The van der Waals surface area contributed by atoms with E-state index in [2.05, 4.69) is 28.5 Å². The molecule has 0 saturated heterocycles. The average Bonchev–Trinajstić information content (AvgIpc) is 2.97. The van der Waals surface area contributed by atoms with Crippen LogP contribution in [0.15, 0.2) is 77.7 Å². The fourth-order valence-corrected chi connectivity index (χ4v) is 7.42. The Morgan fingerprint density at radius 2 is 1.64 bits per heavy atom. The number of ether oxygens (including phenoxy) is 1. The predicted molar refractivity (Wildman–Crippen MR) is 178 cm³/mol. The number of anilines is 1. The number of fused-ring (bicyclic) bond motifs is 4. The largest absolute Gasteiger partial charge is 0.475 e. The number of rotatable bonds is 6. The van der Waals surface area contributed by atoms with Crippen molar-refractivity contribution < 1.29 is 22.5 Å². The zero-order valence-electron chi connectivity index (χ0n) is 26.4. The van der Waals surface area contributed by atoms with Crippen molar-refractivity contribution in [3.8, 4) is 17.1 Å². The number of hydrogen-bond donors (Lipinski definition) is 1. The minimum Gasteiger partial charge on any atom is -0.475 e. The highest BCUT2D eigenvalue weighted by molar-refractivity contribution is 7.92. The summed E-state index contributed by atoms with van der Waals surface area (Å²) in [6.07, 6.45) is 0.626. The Balaban J connectivity index is 1.64. The van der Waals surface area contributed by atoms with Crippen LogP contribution in [-0.4, -0.2) is 55.2 Å². The molecular formula is C34H39N4O5PS. The number of carbonyl (C=O) groups excluding carboxylic acids is 1. The van der Waals surface area contributed by atoms with E-state index in [9.17, 15) is 17.8 Å². The SMILES string of the molecule is Cc1cccc(C)c1-c1cc2nc(n1)NS(=O)(=O)c1cccc(c1)C(=O)N(Cc1ccc(P(C)(C)=O)cc1)[C@H](CC(C)C)CO2. The van der Waals surface area contributed by atoms with Gasteiger partial charge in [0.2, 0.25) is 11.8 Å². The smallest absolute Gasteiger partial charge is 0.264 e. The van der Waals surface area contributed by atoms with E-state index in [1.54, 1.807) is 36.4 Å². The minimum atomic E-state index is -4.16. The summed E-state index contributed by atoms with van der Waals surface area (Å²) in [6.45, 7) is 11.9. The lowest BCUT2D eigenvalue weighted by Gasteiger charge is -2.33. The highest BCUT2D eigenvalue weighted by Gasteiger charge is 2.29. The van der Waals surface area contributed by atoms with Crippen LogP contribution in [0.25, 0.3) is 11.3 Å². The van der Waals surface area contributed by atoms with Gasteiger partial charge in [0.05, 0.1) is 16.6 Å². The normalized spacial score (nSPS) is 16.6. The van der Waals surface area contributed by atoms with Crippen LogP contribution in [-0.2, 0) is 21.1 Å². The van der Waals surface area contributed by atoms with Crippen molar-refractivity contribution in [1.29, 1.82) is 0 Å². The number of amides is 1. The van der Waals surface area contributed by atoms with E-state index in [0.717, 1.165) is 27.6 Å². The summed E-state index contributed by atoms with van der Waals surface area (Å²) in [5.74, 6) is -0.0334. The second-order valence-electron chi connectivity index (χ2n) is 12.4. The third-order valence-electron chi connectivity index (χ3n) is 7.84. The van der Waals surface area contributed by atoms with Crippen LogP contribution in [0.3, 0.4) is 0 Å². The molecule has 0 spiro atoms. The van der Waals surface area contributed by atoms with Gasteiger partial charge in [-0.15, -0.1) is 0 Å². The first-order valence-corrected chi connectivity index (χ1v) is 19.0. The van der Waals surface area contributed by atoms with E-state index < -0.39 is 17.2 Å². The fraction of sp³-hybridized carbons (Fsp3) is 0.324. The number of benzene rings is 3. The maximum absolute atomic E-state index is 14.2. The number of nitrogens with zero attached hydrogens (tertiary/aromatic N) is 3. The number of sulfonamides is 1. The molecule has 0 unspecified atom stereocenters. The molecule has 45 heavy (non-hydrogen) atoms. The maximum atomic E-state index is 14.2. The zero-order valence-corrected chi connectivity index (χ0v) is 28.2. The van der Waals surface area contributed by atoms with Crippen molar-refractivity contribution in [2.45, 2.75) is 51.6 Å². The van der Waals surface area contributed by atoms with Crippen LogP contribution in [0.5, 0.6) is 5.88 Å². The molecule has 4 bridgehead atoms. The summed E-state index contributed by atoms with van der Waals surface area (Å²) in [6, 6.07) is 20.7. The van der Waals surface area contributed by atoms with Crippen molar-refractivity contribution in [1.82, 2.24) is 14.9 Å². The summed E-state index contributed by atoms with van der Waals surface area (Å²) in [5, 5.41) is 0.759. The van der Waals surface area contributed by atoms with Crippen molar-refractivity contribution >= 4 is 34.3 Å². The van der Waals surface area contributed by atoms with Crippen LogP contribution < -0.4 is 14.8 Å². The third kappa shape index (κ3) is 7.45. The Hall–Kier alpha value is -4.01. The zero-order chi connectivity index (χ0) is 32.5. The van der Waals surface area contributed by atoms with Gasteiger partial charge in [0, 0.05) is 29.0 Å². The summed E-state index contributed by atoms with van der Waals surface area (Å²) >= 11 is 0. The molecule has 9 nitrogen and oxygen atoms in total. The van der Waals surface area contributed by atoms with Crippen molar-refractivity contribution in [2.75, 3.05) is 24.7 Å². The van der Waals surface area contributed by atoms with Crippen LogP contribution in [0.2, 0.25) is 0 Å². The number of carbonyl (C=O) groups is 1. The van der Waals surface area contributed by atoms with Gasteiger partial charge in [0.1, 0.15) is 13.7 Å². The number of aryl methyl sites for hydroxylation is 2. The minimum absolute atomic E-state index is 0.0810. The second-order valence-corrected chi connectivity index (χ2v) is 17.3. The molecule has 0 fully saturated rings. The van der Waals surface area contributed by atoms with Crippen LogP contribution in [0.1, 0.15) is 47.3 Å². The average molecular weight is 647 g/mol. The van der Waals surface area contributed by atoms with Crippen LogP contribution in [0, 0.1) is 19.8 Å². The van der Waals surface area contributed by atoms with Crippen molar-refractivity contribution in [2.24, 2.45) is 5.92 Å². The molecule has 5 rings (SSSR count). The van der Waals surface area contributed by atoms with Gasteiger partial charge < -0.3 is 14.2 Å². The highest BCUT2D eigenvalue weighted by Crippen LogP contribution is 2.35. The second kappa shape index (κ2) is 12.8. The molecule has 0 radical (unpaired) electrons. The molecule has 4 aromatic rings. The molecule has 2 heterocycles. The van der Waals surface area contributed by atoms with Gasteiger partial charge in [-0.3, -0.25) is 4.79 Å². The molecule has 1 aromatic heterocycles. The quantitative estimate of drug-likeness (QED) is 0.246. The lowest BCUT2D eigenvalue weighted by atomic mass is 10.00. The topological polar surface area (TPSA) is 119 Å². The van der Waals surface area contributed by atoms with Crippen molar-refractivity contribution in [3.63, 3.8) is 0 Å². The molecule has 11 heteroatoms. The Kier molecular flexibility index (Phi) is 9.19. The monoisotopic (exact) mass is 646 g/mol. The lowest BCUT2D eigenvalue weighted by molar-refractivity contribution is 0.0553. The van der Waals surface area contributed by atoms with Gasteiger partial charge >= 0.3 is 0 Å². The van der Waals surface area contributed by atoms with E-state index >= 15 is 0 Å². The fourth-order valence-electron chi connectivity index (χ4n) is 5.57.